The first-order valence-corrected chi connectivity index (χ1v) is 5.08. The van der Waals surface area contributed by atoms with E-state index in [0.29, 0.717) is 16.2 Å². The van der Waals surface area contributed by atoms with E-state index in [4.69, 9.17) is 18.0 Å². The molecule has 0 fully saturated rings. The van der Waals surface area contributed by atoms with Gasteiger partial charge in [-0.1, -0.05) is 0 Å². The van der Waals surface area contributed by atoms with Gasteiger partial charge in [-0.25, -0.2) is 4.98 Å². The second-order valence-electron chi connectivity index (χ2n) is 3.32. The average Bonchev–Trinajstić information content (AvgIpc) is 2.29. The molecule has 6 nitrogen and oxygen atoms in total. The van der Waals surface area contributed by atoms with Crippen molar-refractivity contribution in [3.05, 3.63) is 45.3 Å². The Hall–Kier alpha value is -2.28. The predicted molar refractivity (Wildman–Crippen MR) is 65.9 cm³/mol. The van der Waals surface area contributed by atoms with E-state index in [2.05, 4.69) is 9.97 Å². The molecule has 0 aliphatic rings. The number of hydrogen-bond acceptors (Lipinski definition) is 5. The molecule has 0 atom stereocenters. The van der Waals surface area contributed by atoms with Crippen LogP contribution in [0.4, 0.5) is 11.5 Å². The van der Waals surface area contributed by atoms with E-state index >= 15 is 0 Å². The monoisotopic (exact) mass is 248 g/mol. The van der Waals surface area contributed by atoms with Gasteiger partial charge in [0.05, 0.1) is 4.92 Å². The number of benzene rings is 1. The molecule has 86 valence electrons. The van der Waals surface area contributed by atoms with Gasteiger partial charge in [-0.2, -0.15) is 0 Å². The van der Waals surface area contributed by atoms with Gasteiger partial charge in [-0.15, -0.1) is 0 Å². The summed E-state index contributed by atoms with van der Waals surface area (Å²) < 4.78 is 0.299. The van der Waals surface area contributed by atoms with Crippen molar-refractivity contribution in [2.45, 2.75) is 0 Å². The summed E-state index contributed by atoms with van der Waals surface area (Å²) in [7, 11) is 0. The third kappa shape index (κ3) is 2.28. The molecule has 2 rings (SSSR count). The van der Waals surface area contributed by atoms with Crippen molar-refractivity contribution in [2.24, 2.45) is 0 Å². The van der Waals surface area contributed by atoms with Gasteiger partial charge in [0.15, 0.2) is 4.77 Å². The average molecular weight is 248 g/mol. The number of nitrogen functional groups attached to an aromatic ring is 1. The molecule has 0 saturated carbocycles. The van der Waals surface area contributed by atoms with Crippen LogP contribution in [0.5, 0.6) is 0 Å². The van der Waals surface area contributed by atoms with Gasteiger partial charge in [0.25, 0.3) is 5.69 Å². The van der Waals surface area contributed by atoms with E-state index in [0.717, 1.165) is 5.56 Å². The number of non-ortho nitro benzene ring substituents is 1. The number of nitrogens with one attached hydrogen (secondary N) is 1. The van der Waals surface area contributed by atoms with Crippen molar-refractivity contribution in [2.75, 3.05) is 5.73 Å². The number of H-pyrrole nitrogens is 1. The fourth-order valence-corrected chi connectivity index (χ4v) is 1.56. The van der Waals surface area contributed by atoms with Crippen LogP contribution in [0.15, 0.2) is 30.5 Å². The predicted octanol–water partition coefficient (Wildman–Crippen LogP) is 2.30. The van der Waals surface area contributed by atoms with Crippen LogP contribution in [0.3, 0.4) is 0 Å². The third-order valence-electron chi connectivity index (χ3n) is 2.23. The van der Waals surface area contributed by atoms with Crippen LogP contribution >= 0.6 is 12.2 Å². The second-order valence-corrected chi connectivity index (χ2v) is 3.71. The molecule has 3 N–H and O–H groups in total. The lowest BCUT2D eigenvalue weighted by Gasteiger charge is -2.04. The number of aromatic nitrogens is 2. The molecule has 1 aromatic heterocycles. The molecule has 1 aromatic carbocycles. The maximum absolute atomic E-state index is 10.5. The molecule has 0 unspecified atom stereocenters. The lowest BCUT2D eigenvalue weighted by molar-refractivity contribution is -0.384. The Morgan fingerprint density at radius 1 is 1.35 bits per heavy atom. The standard InChI is InChI=1S/C10H8N4O2S/c11-9-8(5-12-10(17)13-9)6-1-3-7(4-2-6)14(15)16/h1-5H,(H3,11,12,13,17). The van der Waals surface area contributed by atoms with Crippen LogP contribution in [0.25, 0.3) is 11.1 Å². The number of anilines is 1. The minimum absolute atomic E-state index is 0.0316. The highest BCUT2D eigenvalue weighted by Crippen LogP contribution is 2.25. The van der Waals surface area contributed by atoms with Crippen molar-refractivity contribution < 1.29 is 4.92 Å². The molecular formula is C10H8N4O2S. The number of nitro groups is 1. The summed E-state index contributed by atoms with van der Waals surface area (Å²) in [6.07, 6.45) is 1.54. The number of nitro benzene ring substituents is 1. The summed E-state index contributed by atoms with van der Waals surface area (Å²) in [6.45, 7) is 0. The van der Waals surface area contributed by atoms with Crippen molar-refractivity contribution >= 4 is 23.7 Å². The molecule has 2 aromatic rings. The van der Waals surface area contributed by atoms with Crippen LogP contribution in [0.2, 0.25) is 0 Å². The van der Waals surface area contributed by atoms with Crippen LogP contribution in [-0.4, -0.2) is 14.9 Å². The van der Waals surface area contributed by atoms with E-state index in [1.807, 2.05) is 0 Å². The third-order valence-corrected chi connectivity index (χ3v) is 2.44. The van der Waals surface area contributed by atoms with E-state index in [9.17, 15) is 10.1 Å². The number of aromatic amines is 1. The summed E-state index contributed by atoms with van der Waals surface area (Å²) >= 11 is 4.83. The molecule has 0 aliphatic heterocycles. The molecule has 1 heterocycles. The van der Waals surface area contributed by atoms with Crippen LogP contribution < -0.4 is 5.73 Å². The highest BCUT2D eigenvalue weighted by Gasteiger charge is 2.07. The molecular weight excluding hydrogens is 240 g/mol. The maximum Gasteiger partial charge on any atom is 0.269 e. The van der Waals surface area contributed by atoms with E-state index in [-0.39, 0.29) is 5.69 Å². The minimum atomic E-state index is -0.455. The quantitative estimate of drug-likeness (QED) is 0.482. The number of hydrogen-bond donors (Lipinski definition) is 2. The molecule has 0 spiro atoms. The molecule has 0 aliphatic carbocycles. The topological polar surface area (TPSA) is 97.8 Å². The largest absolute Gasteiger partial charge is 0.385 e. The summed E-state index contributed by atoms with van der Waals surface area (Å²) in [5.41, 5.74) is 7.19. The summed E-state index contributed by atoms with van der Waals surface area (Å²) in [6, 6.07) is 6.05. The van der Waals surface area contributed by atoms with E-state index in [1.165, 1.54) is 18.3 Å². The summed E-state index contributed by atoms with van der Waals surface area (Å²) in [4.78, 5) is 16.7. The number of rotatable bonds is 2. The Bertz CT molecular complexity index is 621. The zero-order valence-corrected chi connectivity index (χ0v) is 9.40. The lowest BCUT2D eigenvalue weighted by Crippen LogP contribution is -1.96. The van der Waals surface area contributed by atoms with Gasteiger partial charge >= 0.3 is 0 Å². The Kier molecular flexibility index (Phi) is 2.84. The molecule has 17 heavy (non-hydrogen) atoms. The fourth-order valence-electron chi connectivity index (χ4n) is 1.40. The smallest absolute Gasteiger partial charge is 0.269 e. The maximum atomic E-state index is 10.5. The van der Waals surface area contributed by atoms with Crippen molar-refractivity contribution in [1.82, 2.24) is 9.97 Å². The van der Waals surface area contributed by atoms with Crippen LogP contribution in [-0.2, 0) is 0 Å². The summed E-state index contributed by atoms with van der Waals surface area (Å²) in [5.74, 6) is 0.388. The minimum Gasteiger partial charge on any atom is -0.385 e. The SMILES string of the molecule is Nc1[nH]c(=S)ncc1-c1ccc([N+](=O)[O-])cc1. The molecule has 0 amide bonds. The van der Waals surface area contributed by atoms with Gasteiger partial charge in [-0.3, -0.25) is 10.1 Å². The molecule has 0 bridgehead atoms. The Balaban J connectivity index is 2.46. The zero-order chi connectivity index (χ0) is 12.4. The highest BCUT2D eigenvalue weighted by molar-refractivity contribution is 7.71. The fraction of sp³-hybridized carbons (Fsp3) is 0. The Morgan fingerprint density at radius 3 is 2.53 bits per heavy atom. The van der Waals surface area contributed by atoms with Crippen molar-refractivity contribution in [3.8, 4) is 11.1 Å². The normalized spacial score (nSPS) is 10.1. The first-order valence-electron chi connectivity index (χ1n) is 4.67. The van der Waals surface area contributed by atoms with Crippen molar-refractivity contribution in [1.29, 1.82) is 0 Å². The van der Waals surface area contributed by atoms with Crippen LogP contribution in [0, 0.1) is 14.9 Å². The lowest BCUT2D eigenvalue weighted by atomic mass is 10.1. The van der Waals surface area contributed by atoms with Crippen LogP contribution in [0.1, 0.15) is 0 Å². The molecule has 7 heteroatoms. The van der Waals surface area contributed by atoms with Gasteiger partial charge in [-0.05, 0) is 29.9 Å². The Labute approximate surface area is 101 Å². The first kappa shape index (κ1) is 11.2. The number of nitrogens with two attached hydrogens (primary N) is 1. The van der Waals surface area contributed by atoms with Gasteiger partial charge in [0, 0.05) is 23.9 Å². The molecule has 0 saturated heterocycles. The Morgan fingerprint density at radius 2 is 2.00 bits per heavy atom. The van der Waals surface area contributed by atoms with Gasteiger partial charge in [0.1, 0.15) is 5.82 Å². The molecule has 0 radical (unpaired) electrons. The highest BCUT2D eigenvalue weighted by atomic mass is 32.1. The summed E-state index contributed by atoms with van der Waals surface area (Å²) in [5, 5.41) is 10.5. The van der Waals surface area contributed by atoms with Gasteiger partial charge < -0.3 is 10.7 Å². The van der Waals surface area contributed by atoms with E-state index < -0.39 is 4.92 Å². The van der Waals surface area contributed by atoms with E-state index in [1.54, 1.807) is 12.1 Å². The first-order chi connectivity index (χ1) is 8.08. The zero-order valence-electron chi connectivity index (χ0n) is 8.58. The number of nitrogens with zero attached hydrogens (tertiary/aromatic N) is 2. The van der Waals surface area contributed by atoms with Crippen molar-refractivity contribution in [3.63, 3.8) is 0 Å². The van der Waals surface area contributed by atoms with Gasteiger partial charge in [0.2, 0.25) is 0 Å². The second kappa shape index (κ2) is 4.30.